The summed E-state index contributed by atoms with van der Waals surface area (Å²) in [5.74, 6) is -0.895. The minimum atomic E-state index is -1.05. The number of nitrogens with one attached hydrogen (secondary N) is 1. The molecule has 1 unspecified atom stereocenters. The molecule has 0 aromatic rings. The number of carbonyl (C=O) groups excluding carboxylic acids is 1. The standard InChI is InChI=1S/C15H27N3O3/c1-3-12-11-17(2)9-6-10-18(12)14(21)16-15(13(19)20)7-4-5-8-15/h12H,3-11H2,1-2H3,(H,16,21)(H,19,20). The molecule has 0 bridgehead atoms. The van der Waals surface area contributed by atoms with Gasteiger partial charge < -0.3 is 20.2 Å². The summed E-state index contributed by atoms with van der Waals surface area (Å²) in [7, 11) is 2.07. The molecule has 0 aromatic carbocycles. The topological polar surface area (TPSA) is 72.9 Å². The van der Waals surface area contributed by atoms with Crippen molar-refractivity contribution in [1.29, 1.82) is 0 Å². The molecule has 1 aliphatic carbocycles. The molecule has 0 radical (unpaired) electrons. The van der Waals surface area contributed by atoms with Gasteiger partial charge in [0.05, 0.1) is 0 Å². The van der Waals surface area contributed by atoms with Crippen molar-refractivity contribution in [2.45, 2.75) is 57.0 Å². The fraction of sp³-hybridized carbons (Fsp3) is 0.867. The lowest BCUT2D eigenvalue weighted by atomic mass is 9.98. The van der Waals surface area contributed by atoms with Crippen LogP contribution in [0.15, 0.2) is 0 Å². The number of carbonyl (C=O) groups is 2. The van der Waals surface area contributed by atoms with Crippen LogP contribution in [0.4, 0.5) is 4.79 Å². The Balaban J connectivity index is 2.08. The highest BCUT2D eigenvalue weighted by Crippen LogP contribution is 2.30. The molecule has 1 saturated heterocycles. The van der Waals surface area contributed by atoms with E-state index in [-0.39, 0.29) is 12.1 Å². The minimum Gasteiger partial charge on any atom is -0.480 e. The van der Waals surface area contributed by atoms with Gasteiger partial charge in [-0.05, 0) is 39.3 Å². The van der Waals surface area contributed by atoms with Gasteiger partial charge in [0.1, 0.15) is 5.54 Å². The normalized spacial score (nSPS) is 26.4. The highest BCUT2D eigenvalue weighted by atomic mass is 16.4. The number of hydrogen-bond acceptors (Lipinski definition) is 3. The summed E-state index contributed by atoms with van der Waals surface area (Å²) in [6, 6.07) is -0.0498. The summed E-state index contributed by atoms with van der Waals surface area (Å²) in [5, 5.41) is 12.3. The molecule has 0 spiro atoms. The Morgan fingerprint density at radius 3 is 2.48 bits per heavy atom. The number of urea groups is 1. The molecule has 1 saturated carbocycles. The molecule has 0 aromatic heterocycles. The molecule has 2 N–H and O–H groups in total. The smallest absolute Gasteiger partial charge is 0.329 e. The van der Waals surface area contributed by atoms with Gasteiger partial charge in [-0.2, -0.15) is 0 Å². The molecule has 2 aliphatic rings. The van der Waals surface area contributed by atoms with E-state index in [1.54, 1.807) is 0 Å². The molecule has 2 fully saturated rings. The molecular weight excluding hydrogens is 270 g/mol. The van der Waals surface area contributed by atoms with E-state index in [4.69, 9.17) is 0 Å². The number of amides is 2. The van der Waals surface area contributed by atoms with Gasteiger partial charge in [-0.1, -0.05) is 19.8 Å². The van der Waals surface area contributed by atoms with E-state index in [1.807, 2.05) is 4.90 Å². The van der Waals surface area contributed by atoms with Crippen molar-refractivity contribution in [2.24, 2.45) is 0 Å². The van der Waals surface area contributed by atoms with Gasteiger partial charge >= 0.3 is 12.0 Å². The zero-order valence-corrected chi connectivity index (χ0v) is 13.1. The van der Waals surface area contributed by atoms with E-state index in [2.05, 4.69) is 24.2 Å². The maximum absolute atomic E-state index is 12.6. The first-order valence-electron chi connectivity index (χ1n) is 7.99. The van der Waals surface area contributed by atoms with Crippen molar-refractivity contribution < 1.29 is 14.7 Å². The Labute approximate surface area is 126 Å². The second-order valence-corrected chi connectivity index (χ2v) is 6.40. The highest BCUT2D eigenvalue weighted by molar-refractivity contribution is 5.86. The van der Waals surface area contributed by atoms with Crippen LogP contribution in [0.2, 0.25) is 0 Å². The number of rotatable bonds is 3. The van der Waals surface area contributed by atoms with Crippen LogP contribution >= 0.6 is 0 Å². The van der Waals surface area contributed by atoms with Gasteiger partial charge in [0.2, 0.25) is 0 Å². The number of likely N-dealkylation sites (N-methyl/N-ethyl adjacent to an activating group) is 1. The largest absolute Gasteiger partial charge is 0.480 e. The van der Waals surface area contributed by atoms with E-state index in [0.717, 1.165) is 38.8 Å². The lowest BCUT2D eigenvalue weighted by Gasteiger charge is -2.34. The van der Waals surface area contributed by atoms with Gasteiger partial charge in [-0.15, -0.1) is 0 Å². The molecule has 6 heteroatoms. The third kappa shape index (κ3) is 3.48. The number of nitrogens with zero attached hydrogens (tertiary/aromatic N) is 2. The molecule has 120 valence electrons. The predicted molar refractivity (Wildman–Crippen MR) is 80.3 cm³/mol. The SMILES string of the molecule is CCC1CN(C)CCCN1C(=O)NC1(C(=O)O)CCCC1. The maximum atomic E-state index is 12.6. The van der Waals surface area contributed by atoms with E-state index >= 15 is 0 Å². The molecule has 1 heterocycles. The van der Waals surface area contributed by atoms with Crippen molar-refractivity contribution >= 4 is 12.0 Å². The Hall–Kier alpha value is -1.30. The van der Waals surface area contributed by atoms with E-state index in [1.165, 1.54) is 0 Å². The van der Waals surface area contributed by atoms with Gasteiger partial charge in [-0.25, -0.2) is 9.59 Å². The second kappa shape index (κ2) is 6.64. The number of hydrogen-bond donors (Lipinski definition) is 2. The van der Waals surface area contributed by atoms with Gasteiger partial charge in [0.25, 0.3) is 0 Å². The van der Waals surface area contributed by atoms with E-state index in [9.17, 15) is 14.7 Å². The van der Waals surface area contributed by atoms with Gasteiger partial charge in [0.15, 0.2) is 0 Å². The van der Waals surface area contributed by atoms with Crippen LogP contribution in [0.3, 0.4) is 0 Å². The fourth-order valence-electron chi connectivity index (χ4n) is 3.51. The Bertz CT molecular complexity index is 394. The Kier molecular flexibility index (Phi) is 5.08. The van der Waals surface area contributed by atoms with Crippen molar-refractivity contribution in [3.63, 3.8) is 0 Å². The summed E-state index contributed by atoms with van der Waals surface area (Å²) >= 11 is 0. The van der Waals surface area contributed by atoms with Gasteiger partial charge in [-0.3, -0.25) is 0 Å². The molecule has 1 aliphatic heterocycles. The van der Waals surface area contributed by atoms with E-state index < -0.39 is 11.5 Å². The Morgan fingerprint density at radius 2 is 1.90 bits per heavy atom. The molecule has 1 atom stereocenters. The predicted octanol–water partition coefficient (Wildman–Crippen LogP) is 1.51. The fourth-order valence-corrected chi connectivity index (χ4v) is 3.51. The summed E-state index contributed by atoms with van der Waals surface area (Å²) in [6.45, 7) is 4.60. The van der Waals surface area contributed by atoms with Crippen LogP contribution in [0.1, 0.15) is 45.4 Å². The number of carboxylic acid groups (broad SMARTS) is 1. The first-order chi connectivity index (χ1) is 9.98. The molecule has 6 nitrogen and oxygen atoms in total. The third-order valence-corrected chi connectivity index (χ3v) is 4.85. The van der Waals surface area contributed by atoms with E-state index in [0.29, 0.717) is 19.4 Å². The lowest BCUT2D eigenvalue weighted by molar-refractivity contribution is -0.144. The van der Waals surface area contributed by atoms with Crippen LogP contribution in [0.25, 0.3) is 0 Å². The van der Waals surface area contributed by atoms with Crippen LogP contribution in [-0.4, -0.2) is 65.2 Å². The molecular formula is C15H27N3O3. The average molecular weight is 297 g/mol. The van der Waals surface area contributed by atoms with Crippen LogP contribution in [-0.2, 0) is 4.79 Å². The number of carboxylic acids is 1. The summed E-state index contributed by atoms with van der Waals surface area (Å²) in [4.78, 5) is 28.3. The van der Waals surface area contributed by atoms with Crippen molar-refractivity contribution in [3.8, 4) is 0 Å². The minimum absolute atomic E-state index is 0.157. The zero-order chi connectivity index (χ0) is 15.5. The van der Waals surface area contributed by atoms with Crippen LogP contribution in [0, 0.1) is 0 Å². The quantitative estimate of drug-likeness (QED) is 0.828. The average Bonchev–Trinajstić information content (AvgIpc) is 2.82. The molecule has 21 heavy (non-hydrogen) atoms. The monoisotopic (exact) mass is 297 g/mol. The summed E-state index contributed by atoms with van der Waals surface area (Å²) < 4.78 is 0. The first kappa shape index (κ1) is 16.1. The molecule has 2 amide bonds. The molecule has 2 rings (SSSR count). The zero-order valence-electron chi connectivity index (χ0n) is 13.1. The van der Waals surface area contributed by atoms with Crippen molar-refractivity contribution in [2.75, 3.05) is 26.7 Å². The number of aliphatic carboxylic acids is 1. The lowest BCUT2D eigenvalue weighted by Crippen LogP contribution is -2.58. The Morgan fingerprint density at radius 1 is 1.24 bits per heavy atom. The summed E-state index contributed by atoms with van der Waals surface area (Å²) in [5.41, 5.74) is -1.05. The summed E-state index contributed by atoms with van der Waals surface area (Å²) in [6.07, 6.45) is 4.63. The van der Waals surface area contributed by atoms with Gasteiger partial charge in [0, 0.05) is 19.1 Å². The van der Waals surface area contributed by atoms with Crippen LogP contribution in [0.5, 0.6) is 0 Å². The van der Waals surface area contributed by atoms with Crippen LogP contribution < -0.4 is 5.32 Å². The maximum Gasteiger partial charge on any atom is 0.329 e. The third-order valence-electron chi connectivity index (χ3n) is 4.85. The van der Waals surface area contributed by atoms with Crippen molar-refractivity contribution in [3.05, 3.63) is 0 Å². The van der Waals surface area contributed by atoms with Crippen molar-refractivity contribution in [1.82, 2.24) is 15.1 Å². The second-order valence-electron chi connectivity index (χ2n) is 6.40. The highest BCUT2D eigenvalue weighted by Gasteiger charge is 2.44. The first-order valence-corrected chi connectivity index (χ1v) is 7.99.